The van der Waals surface area contributed by atoms with Gasteiger partial charge in [-0.15, -0.1) is 0 Å². The molecule has 13 nitrogen and oxygen atoms in total. The summed E-state index contributed by atoms with van der Waals surface area (Å²) >= 11 is 0. The van der Waals surface area contributed by atoms with Gasteiger partial charge in [-0.2, -0.15) is 5.26 Å². The maximum Gasteiger partial charge on any atom is 0.328 e. The van der Waals surface area contributed by atoms with Crippen LogP contribution in [0.5, 0.6) is 0 Å². The van der Waals surface area contributed by atoms with E-state index in [1.807, 2.05) is 22.9 Å². The lowest BCUT2D eigenvalue weighted by molar-refractivity contribution is -0.136. The number of urea groups is 1. The van der Waals surface area contributed by atoms with Gasteiger partial charge in [0.05, 0.1) is 24.4 Å². The predicted molar refractivity (Wildman–Crippen MR) is 148 cm³/mol. The first kappa shape index (κ1) is 29.2. The molecular weight excluding hydrogens is 516 g/mol. The molecule has 1 fully saturated rings. The van der Waals surface area contributed by atoms with E-state index in [0.29, 0.717) is 67.9 Å². The van der Waals surface area contributed by atoms with Crippen molar-refractivity contribution in [3.8, 4) is 6.07 Å². The summed E-state index contributed by atoms with van der Waals surface area (Å²) < 4.78 is 16.2. The van der Waals surface area contributed by atoms with E-state index in [1.165, 1.54) is 20.4 Å². The van der Waals surface area contributed by atoms with Gasteiger partial charge in [-0.3, -0.25) is 19.9 Å². The molecule has 214 valence electrons. The minimum absolute atomic E-state index is 0.0517. The van der Waals surface area contributed by atoms with Gasteiger partial charge in [0.15, 0.2) is 0 Å². The number of rotatable bonds is 10. The molecule has 2 aromatic rings. The molecular formula is C27H36N8O5. The van der Waals surface area contributed by atoms with Crippen LogP contribution in [0.2, 0.25) is 0 Å². The van der Waals surface area contributed by atoms with Crippen molar-refractivity contribution >= 4 is 29.3 Å². The van der Waals surface area contributed by atoms with Gasteiger partial charge in [0.25, 0.3) is 0 Å². The van der Waals surface area contributed by atoms with Gasteiger partial charge in [-0.1, -0.05) is 0 Å². The average molecular weight is 553 g/mol. The fourth-order valence-corrected chi connectivity index (χ4v) is 4.83. The normalized spacial score (nSPS) is 15.7. The molecule has 0 radical (unpaired) electrons. The molecule has 2 aliphatic rings. The molecule has 0 bridgehead atoms. The summed E-state index contributed by atoms with van der Waals surface area (Å²) in [7, 11) is 6.58. The van der Waals surface area contributed by atoms with Crippen LogP contribution >= 0.6 is 0 Å². The molecule has 4 heterocycles. The molecule has 0 saturated carbocycles. The Hall–Kier alpha value is -3.83. The van der Waals surface area contributed by atoms with Crippen molar-refractivity contribution in [2.45, 2.75) is 25.7 Å². The summed E-state index contributed by atoms with van der Waals surface area (Å²) in [5.41, 5.74) is 3.17. The highest BCUT2D eigenvalue weighted by Crippen LogP contribution is 2.32. The third-order valence-electron chi connectivity index (χ3n) is 6.92. The number of hydrogen-bond donors (Lipinski definition) is 2. The predicted octanol–water partition coefficient (Wildman–Crippen LogP) is 1.96. The first-order valence-corrected chi connectivity index (χ1v) is 13.1. The number of hydrogen-bond acceptors (Lipinski definition) is 10. The number of aromatic nitrogens is 2. The van der Waals surface area contributed by atoms with Crippen LogP contribution in [0.15, 0.2) is 18.3 Å². The van der Waals surface area contributed by atoms with E-state index < -0.39 is 12.3 Å². The standard InChI is InChI=1S/C27H36N8O5/c1-33-9-10-34(23(36)17-33)16-19-12-18-6-5-8-35(25(18)32-24(19)26(39-3)40-4)27(37)31-22-13-21(29-7-11-38-2)20(14-28)15-30-22/h12-13,15,26H,5-11,16-17H2,1-4H3,(H2,29,30,31,37). The van der Waals surface area contributed by atoms with Crippen molar-refractivity contribution in [3.05, 3.63) is 40.7 Å². The molecule has 13 heteroatoms. The van der Waals surface area contributed by atoms with Crippen molar-refractivity contribution in [2.75, 3.05) is 83.2 Å². The quantitative estimate of drug-likeness (QED) is 0.331. The van der Waals surface area contributed by atoms with Crippen molar-refractivity contribution < 1.29 is 23.8 Å². The van der Waals surface area contributed by atoms with Crippen LogP contribution in [0.3, 0.4) is 0 Å². The van der Waals surface area contributed by atoms with Gasteiger partial charge in [0.1, 0.15) is 23.4 Å². The Balaban J connectivity index is 1.60. The molecule has 1 saturated heterocycles. The zero-order valence-electron chi connectivity index (χ0n) is 23.4. The second kappa shape index (κ2) is 13.5. The van der Waals surface area contributed by atoms with Crippen molar-refractivity contribution in [1.82, 2.24) is 19.8 Å². The number of likely N-dealkylation sites (N-methyl/N-ethyl adjacent to an activating group) is 1. The first-order chi connectivity index (χ1) is 19.4. The Morgan fingerprint density at radius 2 is 2.00 bits per heavy atom. The number of amides is 3. The smallest absolute Gasteiger partial charge is 0.328 e. The summed E-state index contributed by atoms with van der Waals surface area (Å²) in [5, 5.41) is 15.4. The van der Waals surface area contributed by atoms with Crippen LogP contribution < -0.4 is 15.5 Å². The highest BCUT2D eigenvalue weighted by molar-refractivity contribution is 6.01. The van der Waals surface area contributed by atoms with Gasteiger partial charge in [0.2, 0.25) is 12.2 Å². The number of pyridine rings is 2. The molecule has 0 aromatic carbocycles. The van der Waals surface area contributed by atoms with E-state index in [2.05, 4.69) is 21.7 Å². The third kappa shape index (κ3) is 6.65. The molecule has 0 unspecified atom stereocenters. The number of nitriles is 1. The molecule has 0 spiro atoms. The summed E-state index contributed by atoms with van der Waals surface area (Å²) in [4.78, 5) is 40.6. The molecule has 2 aliphatic heterocycles. The monoisotopic (exact) mass is 552 g/mol. The maximum absolute atomic E-state index is 13.5. The molecule has 0 aliphatic carbocycles. The highest BCUT2D eigenvalue weighted by Gasteiger charge is 2.30. The number of methoxy groups -OCH3 is 3. The van der Waals surface area contributed by atoms with Crippen molar-refractivity contribution in [2.24, 2.45) is 0 Å². The molecule has 40 heavy (non-hydrogen) atoms. The number of nitrogens with zero attached hydrogens (tertiary/aromatic N) is 6. The molecule has 4 rings (SSSR count). The van der Waals surface area contributed by atoms with E-state index in [1.54, 1.807) is 18.1 Å². The highest BCUT2D eigenvalue weighted by atomic mass is 16.7. The second-order valence-electron chi connectivity index (χ2n) is 9.70. The number of piperazine rings is 1. The number of carbonyl (C=O) groups is 2. The van der Waals surface area contributed by atoms with Gasteiger partial charge < -0.3 is 24.4 Å². The lowest BCUT2D eigenvalue weighted by atomic mass is 10.0. The van der Waals surface area contributed by atoms with Crippen LogP contribution in [0.25, 0.3) is 0 Å². The zero-order chi connectivity index (χ0) is 28.6. The topological polar surface area (TPSA) is 145 Å². The SMILES string of the molecule is COCCNc1cc(NC(=O)N2CCCc3cc(CN4CCN(C)CC4=O)c(C(OC)OC)nc32)ncc1C#N. The van der Waals surface area contributed by atoms with E-state index >= 15 is 0 Å². The van der Waals surface area contributed by atoms with Crippen molar-refractivity contribution in [1.29, 1.82) is 5.26 Å². The average Bonchev–Trinajstić information content (AvgIpc) is 2.95. The molecule has 3 amide bonds. The molecule has 2 N–H and O–H groups in total. The first-order valence-electron chi connectivity index (χ1n) is 13.1. The summed E-state index contributed by atoms with van der Waals surface area (Å²) in [6.45, 7) is 3.57. The Labute approximate surface area is 234 Å². The van der Waals surface area contributed by atoms with Crippen LogP contribution in [-0.2, 0) is 32.0 Å². The fraction of sp³-hybridized carbons (Fsp3) is 0.519. The number of nitrogens with one attached hydrogen (secondary N) is 2. The van der Waals surface area contributed by atoms with E-state index in [-0.39, 0.29) is 5.91 Å². The summed E-state index contributed by atoms with van der Waals surface area (Å²) in [6, 6.07) is 5.33. The number of anilines is 3. The summed E-state index contributed by atoms with van der Waals surface area (Å²) in [5.74, 6) is 0.863. The van der Waals surface area contributed by atoms with E-state index in [0.717, 1.165) is 30.5 Å². The van der Waals surface area contributed by atoms with Gasteiger partial charge in [0, 0.05) is 66.3 Å². The van der Waals surface area contributed by atoms with Crippen LogP contribution in [-0.4, -0.2) is 99.4 Å². The lowest BCUT2D eigenvalue weighted by Crippen LogP contribution is -2.48. The summed E-state index contributed by atoms with van der Waals surface area (Å²) in [6.07, 6.45) is 2.13. The Kier molecular flexibility index (Phi) is 9.84. The number of aryl methyl sites for hydroxylation is 1. The number of fused-ring (bicyclic) bond motifs is 1. The largest absolute Gasteiger partial charge is 0.383 e. The Morgan fingerprint density at radius 1 is 1.20 bits per heavy atom. The minimum atomic E-state index is -0.768. The van der Waals surface area contributed by atoms with E-state index in [4.69, 9.17) is 19.2 Å². The van der Waals surface area contributed by atoms with Gasteiger partial charge >= 0.3 is 6.03 Å². The molecule has 0 atom stereocenters. The number of carbonyl (C=O) groups excluding carboxylic acids is 2. The second-order valence-corrected chi connectivity index (χ2v) is 9.70. The van der Waals surface area contributed by atoms with Crippen molar-refractivity contribution in [3.63, 3.8) is 0 Å². The minimum Gasteiger partial charge on any atom is -0.383 e. The van der Waals surface area contributed by atoms with Gasteiger partial charge in [-0.05, 0) is 37.1 Å². The fourth-order valence-electron chi connectivity index (χ4n) is 4.83. The van der Waals surface area contributed by atoms with Crippen LogP contribution in [0, 0.1) is 11.3 Å². The van der Waals surface area contributed by atoms with Crippen LogP contribution in [0.4, 0.5) is 22.1 Å². The maximum atomic E-state index is 13.5. The van der Waals surface area contributed by atoms with E-state index in [9.17, 15) is 14.9 Å². The third-order valence-corrected chi connectivity index (χ3v) is 6.92. The Morgan fingerprint density at radius 3 is 2.70 bits per heavy atom. The molecule has 2 aromatic heterocycles. The lowest BCUT2D eigenvalue weighted by Gasteiger charge is -2.34. The number of ether oxygens (including phenoxy) is 3. The van der Waals surface area contributed by atoms with Gasteiger partial charge in [-0.25, -0.2) is 14.8 Å². The van der Waals surface area contributed by atoms with Crippen LogP contribution in [0.1, 0.15) is 35.1 Å². The zero-order valence-corrected chi connectivity index (χ0v) is 23.4. The Bertz CT molecular complexity index is 1260.